The van der Waals surface area contributed by atoms with Gasteiger partial charge in [0.05, 0.1) is 14.2 Å². The number of aromatic nitrogens is 2. The fourth-order valence-electron chi connectivity index (χ4n) is 2.79. The molecule has 0 radical (unpaired) electrons. The van der Waals surface area contributed by atoms with E-state index in [-0.39, 0.29) is 39.3 Å². The van der Waals surface area contributed by atoms with Gasteiger partial charge in [0.2, 0.25) is 5.69 Å². The van der Waals surface area contributed by atoms with E-state index in [0.717, 1.165) is 0 Å². The van der Waals surface area contributed by atoms with E-state index < -0.39 is 11.9 Å². The first-order valence-corrected chi connectivity index (χ1v) is 8.67. The lowest BCUT2D eigenvalue weighted by molar-refractivity contribution is -0.793. The van der Waals surface area contributed by atoms with Crippen LogP contribution < -0.4 is 23.9 Å². The van der Waals surface area contributed by atoms with Crippen LogP contribution in [0.5, 0.6) is 23.0 Å². The predicted molar refractivity (Wildman–Crippen MR) is 102 cm³/mol. The smallest absolute Gasteiger partial charge is 0.308 e. The van der Waals surface area contributed by atoms with Gasteiger partial charge in [-0.1, -0.05) is 0 Å². The lowest BCUT2D eigenvalue weighted by Gasteiger charge is -2.10. The molecular weight excluding hydrogens is 396 g/mol. The molecule has 0 unspecified atom stereocenters. The summed E-state index contributed by atoms with van der Waals surface area (Å²) in [6.45, 7) is 2.54. The summed E-state index contributed by atoms with van der Waals surface area (Å²) in [6.07, 6.45) is 0. The molecule has 0 spiro atoms. The number of carbonyl (C=O) groups is 2. The number of rotatable bonds is 6. The molecule has 2 aromatic carbocycles. The minimum atomic E-state index is -0.509. The predicted octanol–water partition coefficient (Wildman–Crippen LogP) is 2.51. The summed E-state index contributed by atoms with van der Waals surface area (Å²) >= 11 is 0. The zero-order chi connectivity index (χ0) is 21.8. The van der Waals surface area contributed by atoms with E-state index in [1.54, 1.807) is 18.2 Å². The average Bonchev–Trinajstić information content (AvgIpc) is 3.09. The summed E-state index contributed by atoms with van der Waals surface area (Å²) in [5, 5.41) is 16.1. The van der Waals surface area contributed by atoms with Crippen LogP contribution in [0.4, 0.5) is 0 Å². The van der Waals surface area contributed by atoms with Gasteiger partial charge >= 0.3 is 11.9 Å². The van der Waals surface area contributed by atoms with Gasteiger partial charge in [-0.3, -0.25) is 14.2 Å². The van der Waals surface area contributed by atoms with Crippen molar-refractivity contribution in [2.24, 2.45) is 0 Å². The van der Waals surface area contributed by atoms with Gasteiger partial charge in [0.25, 0.3) is 5.69 Å². The SMILES string of the molecule is COc1cc(-c2no[n+]([O-])c2-c2ccc(OC(C)=O)c(OC)c2)ccc1OC(C)=O. The summed E-state index contributed by atoms with van der Waals surface area (Å²) in [4.78, 5) is 22.7. The monoisotopic (exact) mass is 414 g/mol. The van der Waals surface area contributed by atoms with E-state index in [2.05, 4.69) is 5.16 Å². The third-order valence-electron chi connectivity index (χ3n) is 3.99. The Kier molecular flexibility index (Phi) is 5.86. The number of ether oxygens (including phenoxy) is 4. The fraction of sp³-hybridized carbons (Fsp3) is 0.200. The molecule has 0 saturated carbocycles. The van der Waals surface area contributed by atoms with Crippen LogP contribution in [0.25, 0.3) is 22.5 Å². The van der Waals surface area contributed by atoms with Crippen molar-refractivity contribution in [2.75, 3.05) is 14.2 Å². The highest BCUT2D eigenvalue weighted by atomic mass is 16.8. The molecule has 0 aliphatic rings. The van der Waals surface area contributed by atoms with E-state index in [9.17, 15) is 14.8 Å². The quantitative estimate of drug-likeness (QED) is 0.340. The van der Waals surface area contributed by atoms with Crippen molar-refractivity contribution in [1.82, 2.24) is 5.16 Å². The molecule has 3 aromatic rings. The van der Waals surface area contributed by atoms with E-state index >= 15 is 0 Å². The Labute approximate surface area is 171 Å². The van der Waals surface area contributed by atoms with E-state index in [1.807, 2.05) is 0 Å². The summed E-state index contributed by atoms with van der Waals surface area (Å²) in [5.74, 6) is -0.0570. The normalized spacial score (nSPS) is 10.4. The number of nitrogens with zero attached hydrogens (tertiary/aromatic N) is 2. The van der Waals surface area contributed by atoms with Crippen LogP contribution in [0.2, 0.25) is 0 Å². The van der Waals surface area contributed by atoms with E-state index in [4.69, 9.17) is 23.6 Å². The Hall–Kier alpha value is -4.08. The van der Waals surface area contributed by atoms with Gasteiger partial charge in [-0.25, -0.2) is 0 Å². The maximum absolute atomic E-state index is 12.3. The Morgan fingerprint density at radius 2 is 1.37 bits per heavy atom. The van der Waals surface area contributed by atoms with Crippen LogP contribution >= 0.6 is 0 Å². The van der Waals surface area contributed by atoms with Crippen LogP contribution in [-0.4, -0.2) is 31.3 Å². The molecular formula is C20H18N2O8. The zero-order valence-electron chi connectivity index (χ0n) is 16.6. The summed E-state index contributed by atoms with van der Waals surface area (Å²) in [5.41, 5.74) is 1.22. The van der Waals surface area contributed by atoms with Crippen molar-refractivity contribution < 1.29 is 38.1 Å². The molecule has 0 aliphatic heterocycles. The van der Waals surface area contributed by atoms with Crippen LogP contribution in [-0.2, 0) is 9.59 Å². The maximum atomic E-state index is 12.3. The van der Waals surface area contributed by atoms with Crippen molar-refractivity contribution in [3.8, 4) is 45.5 Å². The molecule has 0 amide bonds. The number of hydrogen-bond donors (Lipinski definition) is 0. The number of esters is 2. The van der Waals surface area contributed by atoms with Gasteiger partial charge in [0.15, 0.2) is 23.0 Å². The van der Waals surface area contributed by atoms with Crippen LogP contribution in [0.3, 0.4) is 0 Å². The van der Waals surface area contributed by atoms with Crippen molar-refractivity contribution in [3.63, 3.8) is 0 Å². The van der Waals surface area contributed by atoms with E-state index in [0.29, 0.717) is 11.1 Å². The second kappa shape index (κ2) is 8.52. The molecule has 0 aliphatic carbocycles. The Balaban J connectivity index is 2.08. The molecule has 0 N–H and O–H groups in total. The summed E-state index contributed by atoms with van der Waals surface area (Å²) in [7, 11) is 2.83. The molecule has 30 heavy (non-hydrogen) atoms. The van der Waals surface area contributed by atoms with E-state index in [1.165, 1.54) is 46.3 Å². The van der Waals surface area contributed by atoms with Gasteiger partial charge in [0.1, 0.15) is 0 Å². The lowest BCUT2D eigenvalue weighted by Crippen LogP contribution is -2.25. The first-order chi connectivity index (χ1) is 14.3. The fourth-order valence-corrected chi connectivity index (χ4v) is 2.79. The molecule has 10 heteroatoms. The number of carbonyl (C=O) groups excluding carboxylic acids is 2. The van der Waals surface area contributed by atoms with Gasteiger partial charge in [-0.15, -0.1) is 0 Å². The molecule has 10 nitrogen and oxygen atoms in total. The Bertz CT molecular complexity index is 1110. The van der Waals surface area contributed by atoms with Crippen molar-refractivity contribution in [1.29, 1.82) is 0 Å². The highest BCUT2D eigenvalue weighted by Gasteiger charge is 2.25. The second-order valence-corrected chi connectivity index (χ2v) is 6.05. The molecule has 156 valence electrons. The average molecular weight is 414 g/mol. The topological polar surface area (TPSA) is 124 Å². The molecule has 0 fully saturated rings. The number of hydrogen-bond acceptors (Lipinski definition) is 9. The first kappa shape index (κ1) is 20.6. The minimum Gasteiger partial charge on any atom is -0.493 e. The highest BCUT2D eigenvalue weighted by Crippen LogP contribution is 2.37. The van der Waals surface area contributed by atoms with Crippen molar-refractivity contribution in [2.45, 2.75) is 13.8 Å². The Morgan fingerprint density at radius 1 is 0.867 bits per heavy atom. The summed E-state index contributed by atoms with van der Waals surface area (Å²) < 4.78 is 25.5. The molecule has 3 rings (SSSR count). The largest absolute Gasteiger partial charge is 0.493 e. The van der Waals surface area contributed by atoms with Crippen LogP contribution in [0, 0.1) is 5.21 Å². The van der Waals surface area contributed by atoms with Crippen molar-refractivity contribution >= 4 is 11.9 Å². The third-order valence-corrected chi connectivity index (χ3v) is 3.99. The number of benzene rings is 2. The third kappa shape index (κ3) is 4.17. The molecule has 1 heterocycles. The molecule has 0 atom stereocenters. The lowest BCUT2D eigenvalue weighted by atomic mass is 10.0. The zero-order valence-corrected chi connectivity index (χ0v) is 16.6. The van der Waals surface area contributed by atoms with Crippen LogP contribution in [0.1, 0.15) is 13.8 Å². The Morgan fingerprint density at radius 3 is 1.87 bits per heavy atom. The molecule has 1 aromatic heterocycles. The van der Waals surface area contributed by atoms with Crippen molar-refractivity contribution in [3.05, 3.63) is 41.6 Å². The molecule has 0 bridgehead atoms. The van der Waals surface area contributed by atoms with Gasteiger partial charge in [-0.2, -0.15) is 0 Å². The second-order valence-electron chi connectivity index (χ2n) is 6.05. The summed E-state index contributed by atoms with van der Waals surface area (Å²) in [6, 6.07) is 9.27. The standard InChI is InChI=1S/C20H18N2O8/c1-11(23)28-15-7-5-13(9-17(15)26-3)19-20(22(25)30-21-19)14-6-8-16(29-12(2)24)18(10-14)27-4/h5-10H,1-4H3. The highest BCUT2D eigenvalue weighted by molar-refractivity contribution is 5.79. The maximum Gasteiger partial charge on any atom is 0.308 e. The van der Waals surface area contributed by atoms with Gasteiger partial charge in [0, 0.05) is 30.1 Å². The van der Waals surface area contributed by atoms with Gasteiger partial charge in [-0.05, 0) is 41.3 Å². The minimum absolute atomic E-state index is 0.102. The van der Waals surface area contributed by atoms with Gasteiger partial charge < -0.3 is 24.2 Å². The van der Waals surface area contributed by atoms with Crippen LogP contribution in [0.15, 0.2) is 41.0 Å². The first-order valence-electron chi connectivity index (χ1n) is 8.67. The molecule has 0 saturated heterocycles. The number of methoxy groups -OCH3 is 2.